The van der Waals surface area contributed by atoms with Crippen molar-refractivity contribution in [3.8, 4) is 11.4 Å². The average molecular weight is 370 g/mol. The fraction of sp³-hybridized carbons (Fsp3) is 0.316. The third-order valence-electron chi connectivity index (χ3n) is 4.14. The highest BCUT2D eigenvalue weighted by Crippen LogP contribution is 2.27. The van der Waals surface area contributed by atoms with Crippen LogP contribution in [0.2, 0.25) is 0 Å². The first-order valence-corrected chi connectivity index (χ1v) is 9.36. The Morgan fingerprint density at radius 2 is 2.04 bits per heavy atom. The van der Waals surface area contributed by atoms with Gasteiger partial charge in [-0.1, -0.05) is 42.1 Å². The number of thioether (sulfide) groups is 1. The normalized spacial score (nSPS) is 12.1. The van der Waals surface area contributed by atoms with Crippen molar-refractivity contribution in [2.24, 2.45) is 7.05 Å². The predicted octanol–water partition coefficient (Wildman–Crippen LogP) is 3.22. The lowest BCUT2D eigenvalue weighted by atomic mass is 10.1. The van der Waals surface area contributed by atoms with Crippen molar-refractivity contribution in [1.29, 1.82) is 0 Å². The summed E-state index contributed by atoms with van der Waals surface area (Å²) in [7, 11) is 1.89. The number of amides is 1. The maximum absolute atomic E-state index is 12.3. The first-order chi connectivity index (χ1) is 12.6. The molecule has 0 bridgehead atoms. The maximum atomic E-state index is 12.3. The van der Waals surface area contributed by atoms with Gasteiger partial charge in [-0.25, -0.2) is 0 Å². The number of carbonyl (C=O) groups excluding carboxylic acids is 1. The SMILES string of the molecule is Cc1occc1-c1nnc(S[C@H](C)C(=O)NCCc2ccccc2)n1C. The Morgan fingerprint density at radius 1 is 1.27 bits per heavy atom. The molecule has 0 unspecified atom stereocenters. The molecule has 3 rings (SSSR count). The molecule has 2 heterocycles. The lowest BCUT2D eigenvalue weighted by Gasteiger charge is -2.11. The molecule has 26 heavy (non-hydrogen) atoms. The van der Waals surface area contributed by atoms with Gasteiger partial charge in [0.1, 0.15) is 5.76 Å². The molecule has 6 nitrogen and oxygen atoms in total. The second-order valence-electron chi connectivity index (χ2n) is 6.04. The van der Waals surface area contributed by atoms with Crippen LogP contribution in [0.25, 0.3) is 11.4 Å². The van der Waals surface area contributed by atoms with Crippen LogP contribution in [-0.2, 0) is 18.3 Å². The molecule has 0 saturated heterocycles. The summed E-state index contributed by atoms with van der Waals surface area (Å²) in [5.41, 5.74) is 2.12. The Labute approximate surface area is 157 Å². The maximum Gasteiger partial charge on any atom is 0.233 e. The minimum atomic E-state index is -0.257. The number of hydrogen-bond acceptors (Lipinski definition) is 5. The molecule has 0 aliphatic carbocycles. The molecule has 1 amide bonds. The first kappa shape index (κ1) is 18.3. The summed E-state index contributed by atoms with van der Waals surface area (Å²) in [6.07, 6.45) is 2.45. The van der Waals surface area contributed by atoms with Crippen molar-refractivity contribution in [1.82, 2.24) is 20.1 Å². The van der Waals surface area contributed by atoms with Crippen LogP contribution in [0.15, 0.2) is 52.2 Å². The summed E-state index contributed by atoms with van der Waals surface area (Å²) >= 11 is 1.40. The Hall–Kier alpha value is -2.54. The van der Waals surface area contributed by atoms with Gasteiger partial charge in [-0.05, 0) is 31.9 Å². The van der Waals surface area contributed by atoms with E-state index >= 15 is 0 Å². The smallest absolute Gasteiger partial charge is 0.233 e. The summed E-state index contributed by atoms with van der Waals surface area (Å²) in [4.78, 5) is 12.3. The van der Waals surface area contributed by atoms with Crippen LogP contribution in [0.3, 0.4) is 0 Å². The number of rotatable bonds is 7. The van der Waals surface area contributed by atoms with Gasteiger partial charge in [-0.15, -0.1) is 10.2 Å². The van der Waals surface area contributed by atoms with E-state index in [0.717, 1.165) is 23.6 Å². The van der Waals surface area contributed by atoms with Gasteiger partial charge in [-0.3, -0.25) is 4.79 Å². The third kappa shape index (κ3) is 4.16. The standard InChI is InChI=1S/C19H22N4O2S/c1-13-16(10-12-25-13)17-21-22-19(23(17)3)26-14(2)18(24)20-11-9-15-7-5-4-6-8-15/h4-8,10,12,14H,9,11H2,1-3H3,(H,20,24)/t14-/m1/s1. The van der Waals surface area contributed by atoms with Crippen LogP contribution in [-0.4, -0.2) is 32.5 Å². The zero-order valence-electron chi connectivity index (χ0n) is 15.1. The molecule has 0 aliphatic rings. The molecule has 3 aromatic rings. The highest BCUT2D eigenvalue weighted by molar-refractivity contribution is 8.00. The topological polar surface area (TPSA) is 72.9 Å². The first-order valence-electron chi connectivity index (χ1n) is 8.48. The molecule has 0 radical (unpaired) electrons. The Balaban J connectivity index is 1.56. The number of carbonyl (C=O) groups is 1. The predicted molar refractivity (Wildman–Crippen MR) is 102 cm³/mol. The third-order valence-corrected chi connectivity index (χ3v) is 5.28. The van der Waals surface area contributed by atoms with Crippen molar-refractivity contribution in [3.63, 3.8) is 0 Å². The number of benzene rings is 1. The lowest BCUT2D eigenvalue weighted by molar-refractivity contribution is -0.120. The van der Waals surface area contributed by atoms with E-state index in [4.69, 9.17) is 4.42 Å². The minimum absolute atomic E-state index is 0.00465. The van der Waals surface area contributed by atoms with Gasteiger partial charge in [0, 0.05) is 13.6 Å². The average Bonchev–Trinajstić information content (AvgIpc) is 3.21. The van der Waals surface area contributed by atoms with Crippen molar-refractivity contribution < 1.29 is 9.21 Å². The van der Waals surface area contributed by atoms with Crippen LogP contribution in [0.4, 0.5) is 0 Å². The molecule has 136 valence electrons. The van der Waals surface area contributed by atoms with E-state index in [-0.39, 0.29) is 11.2 Å². The lowest BCUT2D eigenvalue weighted by Crippen LogP contribution is -2.32. The van der Waals surface area contributed by atoms with Crippen molar-refractivity contribution >= 4 is 17.7 Å². The largest absolute Gasteiger partial charge is 0.469 e. The summed E-state index contributed by atoms with van der Waals surface area (Å²) in [5, 5.41) is 11.9. The van der Waals surface area contributed by atoms with Gasteiger partial charge in [0.15, 0.2) is 11.0 Å². The monoisotopic (exact) mass is 370 g/mol. The Morgan fingerprint density at radius 3 is 2.73 bits per heavy atom. The van der Waals surface area contributed by atoms with Crippen molar-refractivity contribution in [2.45, 2.75) is 30.7 Å². The van der Waals surface area contributed by atoms with E-state index < -0.39 is 0 Å². The second kappa shape index (κ2) is 8.23. The molecule has 7 heteroatoms. The van der Waals surface area contributed by atoms with Crippen LogP contribution >= 0.6 is 11.8 Å². The minimum Gasteiger partial charge on any atom is -0.469 e. The summed E-state index contributed by atoms with van der Waals surface area (Å²) in [6.45, 7) is 4.38. The molecular formula is C19H22N4O2S. The highest BCUT2D eigenvalue weighted by Gasteiger charge is 2.20. The van der Waals surface area contributed by atoms with E-state index in [1.807, 2.05) is 49.7 Å². The Bertz CT molecular complexity index is 873. The van der Waals surface area contributed by atoms with Gasteiger partial charge >= 0.3 is 0 Å². The van der Waals surface area contributed by atoms with Gasteiger partial charge in [0.2, 0.25) is 5.91 Å². The molecule has 1 N–H and O–H groups in total. The molecule has 2 aromatic heterocycles. The number of nitrogens with one attached hydrogen (secondary N) is 1. The molecule has 0 aliphatic heterocycles. The number of aromatic nitrogens is 3. The quantitative estimate of drug-likeness (QED) is 0.647. The van der Waals surface area contributed by atoms with Gasteiger partial charge < -0.3 is 14.3 Å². The van der Waals surface area contributed by atoms with E-state index in [9.17, 15) is 4.79 Å². The van der Waals surface area contributed by atoms with E-state index in [1.54, 1.807) is 6.26 Å². The zero-order valence-corrected chi connectivity index (χ0v) is 15.9. The Kier molecular flexibility index (Phi) is 5.78. The van der Waals surface area contributed by atoms with Crippen LogP contribution < -0.4 is 5.32 Å². The van der Waals surface area contributed by atoms with E-state index in [0.29, 0.717) is 11.7 Å². The fourth-order valence-electron chi connectivity index (χ4n) is 2.60. The molecule has 1 atom stereocenters. The van der Waals surface area contributed by atoms with Crippen LogP contribution in [0, 0.1) is 6.92 Å². The molecule has 0 fully saturated rings. The van der Waals surface area contributed by atoms with Crippen molar-refractivity contribution in [3.05, 3.63) is 54.0 Å². The van der Waals surface area contributed by atoms with Crippen LogP contribution in [0.5, 0.6) is 0 Å². The number of hydrogen-bond donors (Lipinski definition) is 1. The molecule has 0 saturated carbocycles. The summed E-state index contributed by atoms with van der Waals surface area (Å²) in [6, 6.07) is 12.0. The van der Waals surface area contributed by atoms with Gasteiger partial charge in [-0.2, -0.15) is 0 Å². The fourth-order valence-corrected chi connectivity index (χ4v) is 3.44. The number of nitrogens with zero attached hydrogens (tertiary/aromatic N) is 3. The van der Waals surface area contributed by atoms with Crippen molar-refractivity contribution in [2.75, 3.05) is 6.54 Å². The number of aryl methyl sites for hydroxylation is 1. The van der Waals surface area contributed by atoms with Gasteiger partial charge in [0.05, 0.1) is 17.1 Å². The summed E-state index contributed by atoms with van der Waals surface area (Å²) in [5.74, 6) is 1.52. The van der Waals surface area contributed by atoms with Crippen LogP contribution in [0.1, 0.15) is 18.2 Å². The van der Waals surface area contributed by atoms with E-state index in [2.05, 4.69) is 27.6 Å². The van der Waals surface area contributed by atoms with Gasteiger partial charge in [0.25, 0.3) is 0 Å². The molecular weight excluding hydrogens is 348 g/mol. The number of furan rings is 1. The summed E-state index contributed by atoms with van der Waals surface area (Å²) < 4.78 is 7.22. The highest BCUT2D eigenvalue weighted by atomic mass is 32.2. The second-order valence-corrected chi connectivity index (χ2v) is 7.35. The molecule has 1 aromatic carbocycles. The van der Waals surface area contributed by atoms with E-state index in [1.165, 1.54) is 17.3 Å². The zero-order chi connectivity index (χ0) is 18.5. The molecule has 0 spiro atoms.